The first kappa shape index (κ1) is 54.4. The van der Waals surface area contributed by atoms with Crippen molar-refractivity contribution >= 4 is 131 Å². The first-order valence-corrected chi connectivity index (χ1v) is 33.6. The second-order valence-electron chi connectivity index (χ2n) is 26.2. The van der Waals surface area contributed by atoms with Crippen LogP contribution < -0.4 is 0 Å². The summed E-state index contributed by atoms with van der Waals surface area (Å²) in [4.78, 5) is 11.0. The van der Waals surface area contributed by atoms with Crippen LogP contribution in [0.3, 0.4) is 0 Å². The predicted molar refractivity (Wildman–Crippen MR) is 408 cm³/mol. The minimum absolute atomic E-state index is 0.795. The van der Waals surface area contributed by atoms with Gasteiger partial charge in [-0.05, 0) is 176 Å². The highest BCUT2D eigenvalue weighted by atomic mass is 15.1. The van der Waals surface area contributed by atoms with Gasteiger partial charge in [0.15, 0.2) is 0 Å². The van der Waals surface area contributed by atoms with E-state index < -0.39 is 0 Å². The van der Waals surface area contributed by atoms with Crippen LogP contribution in [0.1, 0.15) is 11.4 Å². The third-order valence-electron chi connectivity index (χ3n) is 20.8. The summed E-state index contributed by atoms with van der Waals surface area (Å²) in [6, 6.07) is 116. The molecule has 0 atom stereocenters. The molecule has 8 heterocycles. The zero-order chi connectivity index (χ0) is 64.4. The quantitative estimate of drug-likeness (QED) is 0.152. The second kappa shape index (κ2) is 20.7. The van der Waals surface area contributed by atoms with Crippen LogP contribution in [0.25, 0.3) is 187 Å². The fourth-order valence-electron chi connectivity index (χ4n) is 16.6. The van der Waals surface area contributed by atoms with Crippen LogP contribution in [0.15, 0.2) is 315 Å². The van der Waals surface area contributed by atoms with E-state index in [4.69, 9.17) is 9.97 Å². The summed E-state index contributed by atoms with van der Waals surface area (Å²) in [5.74, 6) is 1.59. The zero-order valence-electron chi connectivity index (χ0n) is 53.6. The molecular formula is C90H58N8. The van der Waals surface area contributed by atoms with Gasteiger partial charge in [0.25, 0.3) is 0 Å². The average molecular weight is 1250 g/mol. The van der Waals surface area contributed by atoms with Gasteiger partial charge in [0.05, 0.1) is 66.2 Å². The Kier molecular flexibility index (Phi) is 11.5. The summed E-state index contributed by atoms with van der Waals surface area (Å²) in [6.45, 7) is 4.17. The largest absolute Gasteiger partial charge is 0.309 e. The molecule has 0 unspecified atom stereocenters. The van der Waals surface area contributed by atoms with E-state index in [-0.39, 0.29) is 0 Å². The molecule has 0 saturated carbocycles. The number of hydrogen-bond acceptors (Lipinski definition) is 2. The van der Waals surface area contributed by atoms with Crippen molar-refractivity contribution in [2.75, 3.05) is 0 Å². The minimum Gasteiger partial charge on any atom is -0.309 e. The normalized spacial score (nSPS) is 12.2. The minimum atomic E-state index is 0.795. The van der Waals surface area contributed by atoms with E-state index in [0.29, 0.717) is 0 Å². The number of hydrogen-bond donors (Lipinski definition) is 0. The molecule has 0 radical (unpaired) electrons. The summed E-state index contributed by atoms with van der Waals surface area (Å²) in [5, 5.41) is 14.3. The van der Waals surface area contributed by atoms with Crippen molar-refractivity contribution in [1.82, 2.24) is 37.4 Å². The van der Waals surface area contributed by atoms with Crippen molar-refractivity contribution in [3.05, 3.63) is 327 Å². The molecule has 0 bridgehead atoms. The summed E-state index contributed by atoms with van der Waals surface area (Å²) in [5.41, 5.74) is 24.1. The third-order valence-corrected chi connectivity index (χ3v) is 20.8. The summed E-state index contributed by atoms with van der Waals surface area (Å²) < 4.78 is 14.6. The van der Waals surface area contributed by atoms with Gasteiger partial charge >= 0.3 is 0 Å². The maximum absolute atomic E-state index is 6.06. The van der Waals surface area contributed by atoms with Crippen molar-refractivity contribution in [3.8, 4) is 56.6 Å². The molecule has 0 aliphatic rings. The molecule has 21 aromatic rings. The molecule has 0 N–H and O–H groups in total. The van der Waals surface area contributed by atoms with E-state index in [9.17, 15) is 0 Å². The van der Waals surface area contributed by atoms with Gasteiger partial charge in [-0.3, -0.25) is 14.1 Å². The number of aromatic nitrogens is 8. The van der Waals surface area contributed by atoms with Crippen LogP contribution in [0.4, 0.5) is 0 Å². The van der Waals surface area contributed by atoms with Crippen LogP contribution in [0.2, 0.25) is 0 Å². The molecule has 21 rings (SSSR count). The molecule has 0 spiro atoms. The van der Waals surface area contributed by atoms with Gasteiger partial charge in [0.1, 0.15) is 11.6 Å². The molecule has 458 valence electrons. The van der Waals surface area contributed by atoms with Crippen molar-refractivity contribution in [1.29, 1.82) is 0 Å². The molecule has 8 heteroatoms. The van der Waals surface area contributed by atoms with E-state index >= 15 is 0 Å². The van der Waals surface area contributed by atoms with Crippen molar-refractivity contribution in [2.24, 2.45) is 0 Å². The molecule has 0 amide bonds. The molecule has 0 saturated heterocycles. The maximum Gasteiger partial charge on any atom is 0.140 e. The van der Waals surface area contributed by atoms with Crippen molar-refractivity contribution in [2.45, 2.75) is 13.8 Å². The molecule has 0 aliphatic heterocycles. The number of nitrogens with zero attached hydrogens (tertiary/aromatic N) is 8. The summed E-state index contributed by atoms with van der Waals surface area (Å²) in [6.07, 6.45) is 0. The first-order valence-electron chi connectivity index (χ1n) is 33.6. The topological polar surface area (TPSA) is 55.4 Å². The number of pyridine rings is 2. The van der Waals surface area contributed by atoms with E-state index in [1.807, 2.05) is 0 Å². The van der Waals surface area contributed by atoms with Crippen LogP contribution in [-0.2, 0) is 0 Å². The average Bonchev–Trinajstić information content (AvgIpc) is 1.56. The van der Waals surface area contributed by atoms with Crippen LogP contribution in [-0.4, -0.2) is 37.4 Å². The SMILES string of the molecule is Cc1ccc(-c2cccc(-c3cc(-n4c5ccc(-n6c7ccccc7c7ccccc76)cc5c5cc(-n6c7ccccc7c7ccccc76)ccc54)nc(-n4c5ccc(-n6c7ccccc7c7ccccc76)cc5c5cc(-n6c7ccccc7c7ccccc76)ccc54)c3)c2)c(C)n1. The lowest BCUT2D eigenvalue weighted by molar-refractivity contribution is 1.01. The van der Waals surface area contributed by atoms with E-state index in [1.165, 1.54) is 43.1 Å². The highest BCUT2D eigenvalue weighted by molar-refractivity contribution is 6.17. The van der Waals surface area contributed by atoms with Gasteiger partial charge in [-0.25, -0.2) is 4.98 Å². The molecular weight excluding hydrogens is 1190 g/mol. The number of rotatable bonds is 8. The Labute approximate surface area is 562 Å². The highest BCUT2D eigenvalue weighted by Crippen LogP contribution is 2.44. The number of fused-ring (bicyclic) bond motifs is 18. The molecule has 13 aromatic carbocycles. The number of aryl methyl sites for hydroxylation is 2. The smallest absolute Gasteiger partial charge is 0.140 e. The van der Waals surface area contributed by atoms with Crippen LogP contribution in [0, 0.1) is 13.8 Å². The first-order chi connectivity index (χ1) is 48.4. The monoisotopic (exact) mass is 1250 g/mol. The van der Waals surface area contributed by atoms with Gasteiger partial charge in [-0.15, -0.1) is 0 Å². The summed E-state index contributed by atoms with van der Waals surface area (Å²) >= 11 is 0. The Hall–Kier alpha value is -13.0. The molecule has 8 nitrogen and oxygen atoms in total. The van der Waals surface area contributed by atoms with Gasteiger partial charge in [-0.1, -0.05) is 170 Å². The molecule has 0 aliphatic carbocycles. The zero-order valence-corrected chi connectivity index (χ0v) is 53.6. The number of benzene rings is 13. The Morgan fingerprint density at radius 2 is 0.469 bits per heavy atom. The lowest BCUT2D eigenvalue weighted by Crippen LogP contribution is -2.05. The lowest BCUT2D eigenvalue weighted by Gasteiger charge is -2.16. The van der Waals surface area contributed by atoms with Gasteiger partial charge in [-0.2, -0.15) is 0 Å². The van der Waals surface area contributed by atoms with Gasteiger partial charge < -0.3 is 18.3 Å². The standard InChI is InChI=1S/C90H58N8/c1-55-38-43-64(56(2)91-55)58-21-19-20-57(48-58)59-49-89(97-85-44-39-60(93-77-30-11-3-22-65(77)66-23-4-12-31-78(66)93)51-73(85)74-52-61(40-45-86(74)97)94-79-32-13-5-24-67(79)68-25-6-14-33-80(68)94)92-90(50-59)98-87-46-41-62(95-81-34-15-7-26-69(81)70-27-8-16-35-82(70)95)53-75(87)76-54-63(42-47-88(76)98)96-83-36-17-9-28-71(83)72-29-10-18-37-84(72)96/h3-54H,1-2H3. The highest BCUT2D eigenvalue weighted by Gasteiger charge is 2.25. The van der Waals surface area contributed by atoms with Gasteiger partial charge in [0.2, 0.25) is 0 Å². The maximum atomic E-state index is 6.06. The molecule has 8 aromatic heterocycles. The van der Waals surface area contributed by atoms with E-state index in [2.05, 4.69) is 357 Å². The summed E-state index contributed by atoms with van der Waals surface area (Å²) in [7, 11) is 0. The fourth-order valence-corrected chi connectivity index (χ4v) is 16.6. The molecule has 98 heavy (non-hydrogen) atoms. The Balaban J connectivity index is 0.858. The second-order valence-corrected chi connectivity index (χ2v) is 26.2. The van der Waals surface area contributed by atoms with Crippen molar-refractivity contribution in [3.63, 3.8) is 0 Å². The van der Waals surface area contributed by atoms with Gasteiger partial charge in [0, 0.05) is 104 Å². The fraction of sp³-hybridized carbons (Fsp3) is 0.0222. The Bertz CT molecular complexity index is 6050. The Morgan fingerprint density at radius 3 is 0.765 bits per heavy atom. The van der Waals surface area contributed by atoms with Crippen LogP contribution >= 0.6 is 0 Å². The number of para-hydroxylation sites is 8. The van der Waals surface area contributed by atoms with Crippen LogP contribution in [0.5, 0.6) is 0 Å². The van der Waals surface area contributed by atoms with E-state index in [1.54, 1.807) is 0 Å². The molecule has 0 fully saturated rings. The lowest BCUT2D eigenvalue weighted by atomic mass is 9.98. The van der Waals surface area contributed by atoms with Crippen molar-refractivity contribution < 1.29 is 0 Å². The van der Waals surface area contributed by atoms with E-state index in [0.717, 1.165) is 156 Å². The Morgan fingerprint density at radius 1 is 0.194 bits per heavy atom. The predicted octanol–water partition coefficient (Wildman–Crippen LogP) is 23.0. The third kappa shape index (κ3) is 7.88.